The minimum absolute atomic E-state index is 0.0225. The van der Waals surface area contributed by atoms with Crippen LogP contribution < -0.4 is 5.56 Å². The largest absolute Gasteiger partial charge is 0.507 e. The highest BCUT2D eigenvalue weighted by atomic mass is 16.3. The second-order valence-corrected chi connectivity index (χ2v) is 2.67. The van der Waals surface area contributed by atoms with Crippen LogP contribution in [0.15, 0.2) is 23.0 Å². The van der Waals surface area contributed by atoms with E-state index in [2.05, 4.69) is 5.10 Å². The molecule has 4 heteroatoms. The Kier molecular flexibility index (Phi) is 1.24. The predicted molar refractivity (Wildman–Crippen MR) is 45.2 cm³/mol. The van der Waals surface area contributed by atoms with E-state index in [0.717, 1.165) is 0 Å². The molecule has 2 aromatic rings. The standard InChI is InChI=1S/C8H8N2O2/c1-10-5-3-2-4-6(11)7(5)8(12)9-10/h2-4,11H,1H3,(H,9,12). The Labute approximate surface area is 68.0 Å². The van der Waals surface area contributed by atoms with E-state index < -0.39 is 0 Å². The van der Waals surface area contributed by atoms with Gasteiger partial charge in [-0.05, 0) is 12.1 Å². The lowest BCUT2D eigenvalue weighted by atomic mass is 10.2. The van der Waals surface area contributed by atoms with Crippen molar-refractivity contribution in [3.8, 4) is 5.75 Å². The van der Waals surface area contributed by atoms with Gasteiger partial charge in [0.25, 0.3) is 5.56 Å². The lowest BCUT2D eigenvalue weighted by molar-refractivity contribution is 0.481. The molecule has 0 bridgehead atoms. The first-order valence-electron chi connectivity index (χ1n) is 3.57. The molecular formula is C8H8N2O2. The van der Waals surface area contributed by atoms with Crippen molar-refractivity contribution in [2.45, 2.75) is 0 Å². The maximum absolute atomic E-state index is 11.2. The summed E-state index contributed by atoms with van der Waals surface area (Å²) in [6.07, 6.45) is 0. The van der Waals surface area contributed by atoms with Gasteiger partial charge in [-0.1, -0.05) is 6.07 Å². The third-order valence-electron chi connectivity index (χ3n) is 1.88. The first kappa shape index (κ1) is 6.97. The number of phenolic OH excluding ortho intramolecular Hbond substituents is 1. The van der Waals surface area contributed by atoms with Crippen molar-refractivity contribution in [3.05, 3.63) is 28.6 Å². The summed E-state index contributed by atoms with van der Waals surface area (Å²) in [5.41, 5.74) is 0.450. The highest BCUT2D eigenvalue weighted by molar-refractivity contribution is 5.84. The average molecular weight is 164 g/mol. The zero-order valence-corrected chi connectivity index (χ0v) is 6.53. The van der Waals surface area contributed by atoms with E-state index in [1.165, 1.54) is 6.07 Å². The molecule has 0 aliphatic carbocycles. The summed E-state index contributed by atoms with van der Waals surface area (Å²) < 4.78 is 1.58. The number of phenols is 1. The van der Waals surface area contributed by atoms with Gasteiger partial charge in [0.05, 0.1) is 5.52 Å². The minimum atomic E-state index is -0.259. The van der Waals surface area contributed by atoms with E-state index in [9.17, 15) is 9.90 Å². The van der Waals surface area contributed by atoms with Crippen LogP contribution in [-0.4, -0.2) is 14.9 Å². The lowest BCUT2D eigenvalue weighted by Gasteiger charge is -1.94. The van der Waals surface area contributed by atoms with E-state index in [1.807, 2.05) is 0 Å². The second-order valence-electron chi connectivity index (χ2n) is 2.67. The van der Waals surface area contributed by atoms with Crippen LogP contribution in [-0.2, 0) is 7.05 Å². The number of nitrogens with zero attached hydrogens (tertiary/aromatic N) is 1. The maximum atomic E-state index is 11.2. The monoisotopic (exact) mass is 164 g/mol. The van der Waals surface area contributed by atoms with E-state index in [4.69, 9.17) is 0 Å². The first-order valence-corrected chi connectivity index (χ1v) is 3.57. The van der Waals surface area contributed by atoms with E-state index in [-0.39, 0.29) is 11.3 Å². The van der Waals surface area contributed by atoms with E-state index >= 15 is 0 Å². The molecule has 12 heavy (non-hydrogen) atoms. The Morgan fingerprint density at radius 1 is 1.50 bits per heavy atom. The smallest absolute Gasteiger partial charge is 0.275 e. The van der Waals surface area contributed by atoms with Gasteiger partial charge in [-0.25, -0.2) is 0 Å². The SMILES string of the molecule is Cn1[nH]c(=O)c2c(O)cccc21. The topological polar surface area (TPSA) is 58.0 Å². The van der Waals surface area contributed by atoms with Crippen molar-refractivity contribution in [1.29, 1.82) is 0 Å². The van der Waals surface area contributed by atoms with Crippen molar-refractivity contribution >= 4 is 10.9 Å². The number of hydrogen-bond acceptors (Lipinski definition) is 2. The fraction of sp³-hybridized carbons (Fsp3) is 0.125. The molecule has 2 N–H and O–H groups in total. The second kappa shape index (κ2) is 2.14. The van der Waals surface area contributed by atoms with Crippen LogP contribution in [0.25, 0.3) is 10.9 Å². The third-order valence-corrected chi connectivity index (χ3v) is 1.88. The number of aromatic nitrogens is 2. The number of rotatable bonds is 0. The van der Waals surface area contributed by atoms with Gasteiger partial charge in [0.1, 0.15) is 11.1 Å². The number of hydrogen-bond donors (Lipinski definition) is 2. The Morgan fingerprint density at radius 3 is 2.92 bits per heavy atom. The number of nitrogens with one attached hydrogen (secondary N) is 1. The van der Waals surface area contributed by atoms with Crippen molar-refractivity contribution in [2.75, 3.05) is 0 Å². The number of aryl methyl sites for hydroxylation is 1. The predicted octanol–water partition coefficient (Wildman–Crippen LogP) is 0.572. The number of benzene rings is 1. The molecule has 62 valence electrons. The fourth-order valence-corrected chi connectivity index (χ4v) is 1.31. The summed E-state index contributed by atoms with van der Waals surface area (Å²) in [6.45, 7) is 0. The molecule has 0 aliphatic heterocycles. The van der Waals surface area contributed by atoms with Crippen LogP contribution in [0.4, 0.5) is 0 Å². The van der Waals surface area contributed by atoms with E-state index in [0.29, 0.717) is 10.9 Å². The van der Waals surface area contributed by atoms with Crippen LogP contribution >= 0.6 is 0 Å². The Hall–Kier alpha value is -1.71. The summed E-state index contributed by atoms with van der Waals surface area (Å²) >= 11 is 0. The molecular weight excluding hydrogens is 156 g/mol. The molecule has 1 aromatic carbocycles. The molecule has 0 spiro atoms. The van der Waals surface area contributed by atoms with Crippen molar-refractivity contribution < 1.29 is 5.11 Å². The van der Waals surface area contributed by atoms with E-state index in [1.54, 1.807) is 23.9 Å². The van der Waals surface area contributed by atoms with Gasteiger partial charge in [-0.3, -0.25) is 14.6 Å². The lowest BCUT2D eigenvalue weighted by Crippen LogP contribution is -2.01. The first-order chi connectivity index (χ1) is 5.70. The highest BCUT2D eigenvalue weighted by Crippen LogP contribution is 2.19. The minimum Gasteiger partial charge on any atom is -0.507 e. The quantitative estimate of drug-likeness (QED) is 0.598. The Morgan fingerprint density at radius 2 is 2.25 bits per heavy atom. The third kappa shape index (κ3) is 0.747. The van der Waals surface area contributed by atoms with Gasteiger partial charge in [0, 0.05) is 7.05 Å². The number of aromatic hydroxyl groups is 1. The Bertz CT molecular complexity index is 481. The molecule has 0 saturated heterocycles. The molecule has 1 heterocycles. The van der Waals surface area contributed by atoms with Crippen LogP contribution in [0.2, 0.25) is 0 Å². The van der Waals surface area contributed by atoms with Crippen molar-refractivity contribution in [2.24, 2.45) is 7.05 Å². The van der Waals surface area contributed by atoms with Crippen LogP contribution in [0, 0.1) is 0 Å². The molecule has 0 atom stereocenters. The average Bonchev–Trinajstić information content (AvgIpc) is 2.29. The molecule has 0 aliphatic rings. The van der Waals surface area contributed by atoms with Crippen molar-refractivity contribution in [3.63, 3.8) is 0 Å². The van der Waals surface area contributed by atoms with Gasteiger partial charge in [-0.2, -0.15) is 0 Å². The molecule has 2 rings (SSSR count). The van der Waals surface area contributed by atoms with Gasteiger partial charge in [-0.15, -0.1) is 0 Å². The number of aromatic amines is 1. The maximum Gasteiger partial charge on any atom is 0.275 e. The van der Waals surface area contributed by atoms with Gasteiger partial charge in [0.15, 0.2) is 0 Å². The zero-order valence-electron chi connectivity index (χ0n) is 6.53. The molecule has 1 aromatic heterocycles. The summed E-state index contributed by atoms with van der Waals surface area (Å²) in [7, 11) is 1.73. The summed E-state index contributed by atoms with van der Waals surface area (Å²) in [4.78, 5) is 11.2. The van der Waals surface area contributed by atoms with Crippen LogP contribution in [0.3, 0.4) is 0 Å². The van der Waals surface area contributed by atoms with Crippen LogP contribution in [0.5, 0.6) is 5.75 Å². The van der Waals surface area contributed by atoms with Crippen molar-refractivity contribution in [1.82, 2.24) is 9.78 Å². The number of H-pyrrole nitrogens is 1. The summed E-state index contributed by atoms with van der Waals surface area (Å²) in [5.74, 6) is 0.0225. The Balaban J connectivity index is 3.09. The summed E-state index contributed by atoms with van der Waals surface area (Å²) in [6, 6.07) is 4.97. The normalized spacial score (nSPS) is 10.8. The number of fused-ring (bicyclic) bond motifs is 1. The highest BCUT2D eigenvalue weighted by Gasteiger charge is 2.06. The molecule has 0 amide bonds. The fourth-order valence-electron chi connectivity index (χ4n) is 1.31. The van der Waals surface area contributed by atoms with Gasteiger partial charge in [0.2, 0.25) is 0 Å². The van der Waals surface area contributed by atoms with Gasteiger partial charge < -0.3 is 5.11 Å². The molecule has 0 fully saturated rings. The van der Waals surface area contributed by atoms with Crippen LogP contribution in [0.1, 0.15) is 0 Å². The zero-order chi connectivity index (χ0) is 8.72. The van der Waals surface area contributed by atoms with Gasteiger partial charge >= 0.3 is 0 Å². The molecule has 0 unspecified atom stereocenters. The molecule has 4 nitrogen and oxygen atoms in total. The molecule has 0 radical (unpaired) electrons. The molecule has 0 saturated carbocycles. The summed E-state index contributed by atoms with van der Waals surface area (Å²) in [5, 5.41) is 12.2.